The SMILES string of the molecule is CONC1CCOc2c1cc(OC)cc2C(C)(C)C. The quantitative estimate of drug-likeness (QED) is 0.853. The van der Waals surface area contributed by atoms with E-state index in [1.54, 1.807) is 14.2 Å². The first-order valence-electron chi connectivity index (χ1n) is 6.61. The van der Waals surface area contributed by atoms with E-state index < -0.39 is 0 Å². The third-order valence-corrected chi connectivity index (χ3v) is 3.42. The Morgan fingerprint density at radius 3 is 2.58 bits per heavy atom. The minimum atomic E-state index is 0.00752. The maximum Gasteiger partial charge on any atom is 0.128 e. The number of hydrogen-bond acceptors (Lipinski definition) is 4. The summed E-state index contributed by atoms with van der Waals surface area (Å²) in [6.07, 6.45) is 0.886. The van der Waals surface area contributed by atoms with Gasteiger partial charge in [-0.1, -0.05) is 20.8 Å². The lowest BCUT2D eigenvalue weighted by Gasteiger charge is -2.32. The number of hydrogen-bond donors (Lipinski definition) is 1. The van der Waals surface area contributed by atoms with E-state index in [1.165, 1.54) is 5.56 Å². The predicted octanol–water partition coefficient (Wildman–Crippen LogP) is 2.97. The number of benzene rings is 1. The highest BCUT2D eigenvalue weighted by Crippen LogP contribution is 2.42. The van der Waals surface area contributed by atoms with Crippen molar-refractivity contribution in [1.29, 1.82) is 0 Å². The van der Waals surface area contributed by atoms with Crippen LogP contribution in [0.5, 0.6) is 11.5 Å². The minimum absolute atomic E-state index is 0.00752. The number of rotatable bonds is 3. The van der Waals surface area contributed by atoms with Crippen LogP contribution < -0.4 is 15.0 Å². The molecule has 1 aliphatic rings. The fourth-order valence-electron chi connectivity index (χ4n) is 2.42. The summed E-state index contributed by atoms with van der Waals surface area (Å²) in [5, 5.41) is 0. The molecule has 1 heterocycles. The molecule has 0 aliphatic carbocycles. The second-order valence-corrected chi connectivity index (χ2v) is 5.86. The first-order valence-corrected chi connectivity index (χ1v) is 6.61. The van der Waals surface area contributed by atoms with Crippen LogP contribution in [-0.4, -0.2) is 20.8 Å². The monoisotopic (exact) mass is 265 g/mol. The van der Waals surface area contributed by atoms with Crippen LogP contribution in [0.1, 0.15) is 44.4 Å². The van der Waals surface area contributed by atoms with Crippen molar-refractivity contribution in [2.45, 2.75) is 38.6 Å². The molecule has 4 heteroatoms. The van der Waals surface area contributed by atoms with Crippen molar-refractivity contribution in [2.75, 3.05) is 20.8 Å². The molecule has 1 unspecified atom stereocenters. The van der Waals surface area contributed by atoms with Crippen LogP contribution in [0.4, 0.5) is 0 Å². The smallest absolute Gasteiger partial charge is 0.128 e. The molecule has 0 radical (unpaired) electrons. The van der Waals surface area contributed by atoms with Crippen LogP contribution in [0.15, 0.2) is 12.1 Å². The Bertz CT molecular complexity index is 451. The summed E-state index contributed by atoms with van der Waals surface area (Å²) in [4.78, 5) is 5.09. The zero-order valence-electron chi connectivity index (χ0n) is 12.4. The molecule has 0 aromatic heterocycles. The molecule has 1 aromatic carbocycles. The molecule has 106 valence electrons. The maximum atomic E-state index is 5.91. The van der Waals surface area contributed by atoms with E-state index in [4.69, 9.17) is 14.3 Å². The summed E-state index contributed by atoms with van der Waals surface area (Å²) in [6, 6.07) is 4.24. The molecular formula is C15H23NO3. The van der Waals surface area contributed by atoms with Gasteiger partial charge >= 0.3 is 0 Å². The van der Waals surface area contributed by atoms with Gasteiger partial charge in [-0.05, 0) is 17.5 Å². The molecule has 0 bridgehead atoms. The Hall–Kier alpha value is -1.26. The lowest BCUT2D eigenvalue weighted by molar-refractivity contribution is 0.0458. The minimum Gasteiger partial charge on any atom is -0.497 e. The number of nitrogens with one attached hydrogen (secondary N) is 1. The summed E-state index contributed by atoms with van der Waals surface area (Å²) < 4.78 is 11.3. The van der Waals surface area contributed by atoms with Crippen molar-refractivity contribution in [2.24, 2.45) is 0 Å². The van der Waals surface area contributed by atoms with Gasteiger partial charge in [0.15, 0.2) is 0 Å². The average molecular weight is 265 g/mol. The van der Waals surface area contributed by atoms with Gasteiger partial charge in [0.25, 0.3) is 0 Å². The second-order valence-electron chi connectivity index (χ2n) is 5.86. The van der Waals surface area contributed by atoms with Gasteiger partial charge in [-0.2, -0.15) is 5.48 Å². The Kier molecular flexibility index (Phi) is 4.02. The van der Waals surface area contributed by atoms with Gasteiger partial charge in [0.05, 0.1) is 26.9 Å². The Morgan fingerprint density at radius 1 is 1.26 bits per heavy atom. The molecule has 1 aromatic rings. The van der Waals surface area contributed by atoms with Crippen molar-refractivity contribution in [3.05, 3.63) is 23.3 Å². The molecule has 0 fully saturated rings. The molecule has 0 spiro atoms. The van der Waals surface area contributed by atoms with Gasteiger partial charge in [0.1, 0.15) is 11.5 Å². The molecule has 0 amide bonds. The average Bonchev–Trinajstić information content (AvgIpc) is 2.37. The number of hydroxylamine groups is 1. The van der Waals surface area contributed by atoms with Crippen molar-refractivity contribution in [3.8, 4) is 11.5 Å². The van der Waals surface area contributed by atoms with E-state index >= 15 is 0 Å². The van der Waals surface area contributed by atoms with Gasteiger partial charge < -0.3 is 14.3 Å². The highest BCUT2D eigenvalue weighted by Gasteiger charge is 2.29. The van der Waals surface area contributed by atoms with Crippen molar-refractivity contribution >= 4 is 0 Å². The van der Waals surface area contributed by atoms with E-state index in [1.807, 2.05) is 6.07 Å². The highest BCUT2D eigenvalue weighted by atomic mass is 16.6. The molecule has 4 nitrogen and oxygen atoms in total. The van der Waals surface area contributed by atoms with Crippen molar-refractivity contribution in [3.63, 3.8) is 0 Å². The summed E-state index contributed by atoms with van der Waals surface area (Å²) in [5.74, 6) is 1.83. The fourth-order valence-corrected chi connectivity index (χ4v) is 2.42. The second kappa shape index (κ2) is 5.39. The lowest BCUT2D eigenvalue weighted by atomic mass is 9.83. The van der Waals surface area contributed by atoms with Gasteiger partial charge in [0.2, 0.25) is 0 Å². The van der Waals surface area contributed by atoms with E-state index in [2.05, 4.69) is 32.3 Å². The van der Waals surface area contributed by atoms with Crippen molar-refractivity contribution < 1.29 is 14.3 Å². The van der Waals surface area contributed by atoms with Gasteiger partial charge in [-0.25, -0.2) is 0 Å². The number of ether oxygens (including phenoxy) is 2. The standard InChI is InChI=1S/C15H23NO3/c1-15(2,3)12-9-10(17-4)8-11-13(16-18-5)6-7-19-14(11)12/h8-9,13,16H,6-7H2,1-5H3. The van der Waals surface area contributed by atoms with Crippen LogP contribution >= 0.6 is 0 Å². The Labute approximate surface area is 115 Å². The molecule has 1 aliphatic heterocycles. The van der Waals surface area contributed by atoms with Crippen molar-refractivity contribution in [1.82, 2.24) is 5.48 Å². The highest BCUT2D eigenvalue weighted by molar-refractivity contribution is 5.52. The third kappa shape index (κ3) is 2.85. The lowest BCUT2D eigenvalue weighted by Crippen LogP contribution is -2.28. The summed E-state index contributed by atoms with van der Waals surface area (Å²) in [7, 11) is 3.33. The van der Waals surface area contributed by atoms with Gasteiger partial charge in [-0.15, -0.1) is 0 Å². The summed E-state index contributed by atoms with van der Waals surface area (Å²) >= 11 is 0. The summed E-state index contributed by atoms with van der Waals surface area (Å²) in [5.41, 5.74) is 5.32. The van der Waals surface area contributed by atoms with Crippen LogP contribution in [0.2, 0.25) is 0 Å². The molecule has 2 rings (SSSR count). The molecule has 1 N–H and O–H groups in total. The Balaban J connectivity index is 2.54. The molecule has 0 saturated carbocycles. The largest absolute Gasteiger partial charge is 0.497 e. The van der Waals surface area contributed by atoms with Gasteiger partial charge in [0, 0.05) is 17.5 Å². The van der Waals surface area contributed by atoms with E-state index in [-0.39, 0.29) is 11.5 Å². The van der Waals surface area contributed by atoms with Crippen LogP contribution in [0.3, 0.4) is 0 Å². The number of methoxy groups -OCH3 is 1. The number of fused-ring (bicyclic) bond motifs is 1. The first-order chi connectivity index (χ1) is 8.97. The third-order valence-electron chi connectivity index (χ3n) is 3.42. The summed E-state index contributed by atoms with van der Waals surface area (Å²) in [6.45, 7) is 7.24. The van der Waals surface area contributed by atoms with Crippen LogP contribution in [0.25, 0.3) is 0 Å². The van der Waals surface area contributed by atoms with E-state index in [9.17, 15) is 0 Å². The van der Waals surface area contributed by atoms with E-state index in [0.717, 1.165) is 23.5 Å². The topological polar surface area (TPSA) is 39.7 Å². The maximum absolute atomic E-state index is 5.91. The first kappa shape index (κ1) is 14.2. The van der Waals surface area contributed by atoms with Crippen LogP contribution in [0, 0.1) is 0 Å². The zero-order chi connectivity index (χ0) is 14.0. The molecule has 1 atom stereocenters. The Morgan fingerprint density at radius 2 is 2.00 bits per heavy atom. The van der Waals surface area contributed by atoms with E-state index in [0.29, 0.717) is 6.61 Å². The molecular weight excluding hydrogens is 242 g/mol. The van der Waals surface area contributed by atoms with Crippen LogP contribution in [-0.2, 0) is 10.3 Å². The molecule has 0 saturated heterocycles. The molecule has 19 heavy (non-hydrogen) atoms. The van der Waals surface area contributed by atoms with Gasteiger partial charge in [-0.3, -0.25) is 0 Å². The zero-order valence-corrected chi connectivity index (χ0v) is 12.4. The normalized spacial score (nSPS) is 18.7. The fraction of sp³-hybridized carbons (Fsp3) is 0.600. The predicted molar refractivity (Wildman–Crippen MR) is 74.7 cm³/mol.